The lowest BCUT2D eigenvalue weighted by Gasteiger charge is -2.26. The number of primary amides is 1. The molecule has 116 valence electrons. The van der Waals surface area contributed by atoms with Gasteiger partial charge in [-0.1, -0.05) is 23.2 Å². The van der Waals surface area contributed by atoms with Crippen molar-refractivity contribution in [2.45, 2.75) is 19.4 Å². The van der Waals surface area contributed by atoms with Gasteiger partial charge in [-0.15, -0.1) is 0 Å². The standard InChI is InChI=1S/C15H16Cl2N4O/c1-9(7-13(18)22)21(2)15-12(17)8-19-14(20-15)10-3-5-11(16)6-4-10/h3-6,8-9H,7H2,1-2H3,(H2,18,22). The van der Waals surface area contributed by atoms with Crippen LogP contribution >= 0.6 is 23.2 Å². The zero-order chi connectivity index (χ0) is 16.3. The number of halogens is 2. The van der Waals surface area contributed by atoms with Crippen LogP contribution in [0.3, 0.4) is 0 Å². The zero-order valence-corrected chi connectivity index (χ0v) is 13.8. The highest BCUT2D eigenvalue weighted by Gasteiger charge is 2.18. The fraction of sp³-hybridized carbons (Fsp3) is 0.267. The van der Waals surface area contributed by atoms with Crippen LogP contribution in [-0.4, -0.2) is 29.0 Å². The SMILES string of the molecule is CC(CC(N)=O)N(C)c1nc(-c2ccc(Cl)cc2)ncc1Cl. The zero-order valence-electron chi connectivity index (χ0n) is 12.3. The summed E-state index contributed by atoms with van der Waals surface area (Å²) in [5.41, 5.74) is 6.07. The number of anilines is 1. The van der Waals surface area contributed by atoms with E-state index in [0.29, 0.717) is 21.7 Å². The van der Waals surface area contributed by atoms with E-state index >= 15 is 0 Å². The highest BCUT2D eigenvalue weighted by atomic mass is 35.5. The highest BCUT2D eigenvalue weighted by Crippen LogP contribution is 2.27. The Labute approximate surface area is 139 Å². The number of carbonyl (C=O) groups excluding carboxylic acids is 1. The molecule has 2 N–H and O–H groups in total. The highest BCUT2D eigenvalue weighted by molar-refractivity contribution is 6.32. The fourth-order valence-electron chi connectivity index (χ4n) is 1.98. The summed E-state index contributed by atoms with van der Waals surface area (Å²) < 4.78 is 0. The molecule has 1 atom stereocenters. The predicted octanol–water partition coefficient (Wildman–Crippen LogP) is 3.15. The summed E-state index contributed by atoms with van der Waals surface area (Å²) in [7, 11) is 1.81. The van der Waals surface area contributed by atoms with Gasteiger partial charge in [-0.3, -0.25) is 4.79 Å². The van der Waals surface area contributed by atoms with E-state index in [1.807, 2.05) is 31.0 Å². The third-order valence-electron chi connectivity index (χ3n) is 3.32. The largest absolute Gasteiger partial charge is 0.370 e. The van der Waals surface area contributed by atoms with E-state index in [2.05, 4.69) is 9.97 Å². The molecule has 22 heavy (non-hydrogen) atoms. The van der Waals surface area contributed by atoms with Gasteiger partial charge in [0.2, 0.25) is 5.91 Å². The number of aromatic nitrogens is 2. The normalized spacial score (nSPS) is 12.0. The van der Waals surface area contributed by atoms with E-state index in [9.17, 15) is 4.79 Å². The maximum absolute atomic E-state index is 11.1. The number of benzene rings is 1. The van der Waals surface area contributed by atoms with Crippen LogP contribution in [0, 0.1) is 0 Å². The Morgan fingerprint density at radius 3 is 2.55 bits per heavy atom. The van der Waals surface area contributed by atoms with Crippen molar-refractivity contribution in [2.75, 3.05) is 11.9 Å². The van der Waals surface area contributed by atoms with Crippen molar-refractivity contribution in [1.82, 2.24) is 9.97 Å². The second-order valence-corrected chi connectivity index (χ2v) is 5.85. The average Bonchev–Trinajstić information content (AvgIpc) is 2.47. The van der Waals surface area contributed by atoms with Gasteiger partial charge in [0.1, 0.15) is 5.02 Å². The fourth-order valence-corrected chi connectivity index (χ4v) is 2.33. The molecule has 5 nitrogen and oxygen atoms in total. The number of amides is 1. The Bertz CT molecular complexity index is 676. The molecule has 1 aromatic carbocycles. The molecule has 0 radical (unpaired) electrons. The van der Waals surface area contributed by atoms with Crippen molar-refractivity contribution in [3.05, 3.63) is 40.5 Å². The van der Waals surface area contributed by atoms with Crippen LogP contribution in [0.1, 0.15) is 13.3 Å². The quantitative estimate of drug-likeness (QED) is 0.908. The van der Waals surface area contributed by atoms with Crippen LogP contribution < -0.4 is 10.6 Å². The molecule has 1 heterocycles. The number of nitrogens with zero attached hydrogens (tertiary/aromatic N) is 3. The van der Waals surface area contributed by atoms with Crippen LogP contribution in [0.4, 0.5) is 5.82 Å². The van der Waals surface area contributed by atoms with Gasteiger partial charge < -0.3 is 10.6 Å². The number of rotatable bonds is 5. The molecule has 7 heteroatoms. The minimum atomic E-state index is -0.373. The minimum Gasteiger partial charge on any atom is -0.370 e. The van der Waals surface area contributed by atoms with Crippen LogP contribution in [-0.2, 0) is 4.79 Å². The topological polar surface area (TPSA) is 72.1 Å². The monoisotopic (exact) mass is 338 g/mol. The molecule has 1 unspecified atom stereocenters. The van der Waals surface area contributed by atoms with Gasteiger partial charge in [-0.25, -0.2) is 9.97 Å². The van der Waals surface area contributed by atoms with E-state index in [1.54, 1.807) is 18.3 Å². The van der Waals surface area contributed by atoms with Crippen molar-refractivity contribution < 1.29 is 4.79 Å². The van der Waals surface area contributed by atoms with Gasteiger partial charge >= 0.3 is 0 Å². The van der Waals surface area contributed by atoms with E-state index in [4.69, 9.17) is 28.9 Å². The third kappa shape index (κ3) is 3.87. The molecule has 2 rings (SSSR count). The summed E-state index contributed by atoms with van der Waals surface area (Å²) in [5, 5.41) is 1.06. The second-order valence-electron chi connectivity index (χ2n) is 5.00. The van der Waals surface area contributed by atoms with Crippen molar-refractivity contribution in [3.8, 4) is 11.4 Å². The van der Waals surface area contributed by atoms with Crippen molar-refractivity contribution in [2.24, 2.45) is 5.73 Å². The molecular formula is C15H16Cl2N4O. The Hall–Kier alpha value is -1.85. The second kappa shape index (κ2) is 6.94. The molecule has 0 aliphatic heterocycles. The summed E-state index contributed by atoms with van der Waals surface area (Å²) in [4.78, 5) is 21.6. The molecule has 0 bridgehead atoms. The lowest BCUT2D eigenvalue weighted by Crippen LogP contribution is -2.33. The van der Waals surface area contributed by atoms with Crippen LogP contribution in [0.2, 0.25) is 10.0 Å². The first-order chi connectivity index (χ1) is 10.4. The molecule has 0 fully saturated rings. The molecule has 0 saturated carbocycles. The first-order valence-corrected chi connectivity index (χ1v) is 7.43. The third-order valence-corrected chi connectivity index (χ3v) is 3.84. The number of hydrogen-bond donors (Lipinski definition) is 1. The van der Waals surface area contributed by atoms with Gasteiger partial charge in [0, 0.05) is 30.1 Å². The molecule has 0 aliphatic rings. The van der Waals surface area contributed by atoms with Gasteiger partial charge in [0.05, 0.1) is 6.20 Å². The first kappa shape index (κ1) is 16.5. The van der Waals surface area contributed by atoms with Crippen LogP contribution in [0.15, 0.2) is 30.5 Å². The smallest absolute Gasteiger partial charge is 0.219 e. The summed E-state index contributed by atoms with van der Waals surface area (Å²) in [6, 6.07) is 7.09. The Morgan fingerprint density at radius 2 is 1.95 bits per heavy atom. The first-order valence-electron chi connectivity index (χ1n) is 6.68. The van der Waals surface area contributed by atoms with Gasteiger partial charge in [0.25, 0.3) is 0 Å². The summed E-state index contributed by atoms with van der Waals surface area (Å²) in [6.45, 7) is 1.88. The number of carbonyl (C=O) groups is 1. The lowest BCUT2D eigenvalue weighted by molar-refractivity contribution is -0.118. The van der Waals surface area contributed by atoms with Gasteiger partial charge in [0.15, 0.2) is 11.6 Å². The average molecular weight is 339 g/mol. The molecule has 0 aliphatic carbocycles. The van der Waals surface area contributed by atoms with E-state index in [1.165, 1.54) is 0 Å². The van der Waals surface area contributed by atoms with E-state index in [0.717, 1.165) is 5.56 Å². The lowest BCUT2D eigenvalue weighted by atomic mass is 10.2. The van der Waals surface area contributed by atoms with Gasteiger partial charge in [-0.2, -0.15) is 0 Å². The van der Waals surface area contributed by atoms with Crippen LogP contribution in [0.5, 0.6) is 0 Å². The molecule has 1 aromatic heterocycles. The van der Waals surface area contributed by atoms with Crippen molar-refractivity contribution >= 4 is 34.9 Å². The summed E-state index contributed by atoms with van der Waals surface area (Å²) >= 11 is 12.1. The molecule has 0 saturated heterocycles. The summed E-state index contributed by atoms with van der Waals surface area (Å²) in [6.07, 6.45) is 1.76. The Morgan fingerprint density at radius 1 is 1.32 bits per heavy atom. The Balaban J connectivity index is 2.34. The molecule has 1 amide bonds. The van der Waals surface area contributed by atoms with Crippen molar-refractivity contribution in [1.29, 1.82) is 0 Å². The van der Waals surface area contributed by atoms with E-state index < -0.39 is 0 Å². The molecular weight excluding hydrogens is 323 g/mol. The minimum absolute atomic E-state index is 0.122. The van der Waals surface area contributed by atoms with Crippen LogP contribution in [0.25, 0.3) is 11.4 Å². The number of hydrogen-bond acceptors (Lipinski definition) is 4. The molecule has 0 spiro atoms. The number of nitrogens with two attached hydrogens (primary N) is 1. The summed E-state index contributed by atoms with van der Waals surface area (Å²) in [5.74, 6) is 0.715. The molecule has 2 aromatic rings. The maximum Gasteiger partial charge on any atom is 0.219 e. The predicted molar refractivity (Wildman–Crippen MR) is 89.2 cm³/mol. The van der Waals surface area contributed by atoms with Crippen molar-refractivity contribution in [3.63, 3.8) is 0 Å². The van der Waals surface area contributed by atoms with Gasteiger partial charge in [-0.05, 0) is 31.2 Å². The maximum atomic E-state index is 11.1. The van der Waals surface area contributed by atoms with E-state index in [-0.39, 0.29) is 18.4 Å². The Kier molecular flexibility index (Phi) is 5.21.